The maximum atomic E-state index is 5.94. The molecule has 0 fully saturated rings. The number of anilines is 2. The second-order valence-corrected chi connectivity index (χ2v) is 19.0. The van der Waals surface area contributed by atoms with Gasteiger partial charge in [-0.25, -0.2) is 4.99 Å². The Morgan fingerprint density at radius 1 is 0.491 bits per heavy atom. The highest BCUT2D eigenvalue weighted by Gasteiger charge is 2.53. The molecule has 0 saturated carbocycles. The predicted octanol–water partition coefficient (Wildman–Crippen LogP) is 15.1. The second kappa shape index (κ2) is 12.2. The summed E-state index contributed by atoms with van der Waals surface area (Å²) in [4.78, 5) is 5.94. The number of nitrogens with one attached hydrogen (secondary N) is 1. The van der Waals surface area contributed by atoms with Crippen molar-refractivity contribution in [2.24, 2.45) is 4.99 Å². The van der Waals surface area contributed by atoms with Crippen molar-refractivity contribution in [1.29, 1.82) is 0 Å². The third kappa shape index (κ3) is 5.17. The fourth-order valence-corrected chi connectivity index (χ4v) is 10.5. The van der Waals surface area contributed by atoms with E-state index in [1.54, 1.807) is 0 Å². The molecule has 0 amide bonds. The van der Waals surface area contributed by atoms with E-state index in [0.29, 0.717) is 0 Å². The lowest BCUT2D eigenvalue weighted by Crippen LogP contribution is -2.45. The minimum atomic E-state index is -0.824. The molecule has 1 unspecified atom stereocenters. The van der Waals surface area contributed by atoms with Crippen LogP contribution >= 0.6 is 47.8 Å². The number of nitrogens with zero attached hydrogens (tertiary/aromatic N) is 1. The number of rotatable bonds is 1. The lowest BCUT2D eigenvalue weighted by atomic mass is 9.56. The van der Waals surface area contributed by atoms with Gasteiger partial charge in [0.05, 0.1) is 28.2 Å². The van der Waals surface area contributed by atoms with Crippen LogP contribution in [0.15, 0.2) is 140 Å². The van der Waals surface area contributed by atoms with Crippen molar-refractivity contribution >= 4 is 92.1 Å². The summed E-state index contributed by atoms with van der Waals surface area (Å²) in [7, 11) is 0. The van der Waals surface area contributed by atoms with Gasteiger partial charge in [-0.15, -0.1) is 0 Å². The molecule has 1 atom stereocenters. The molecular weight excluding hydrogens is 844 g/mol. The molecule has 1 heterocycles. The Labute approximate surface area is 337 Å². The molecule has 0 bridgehead atoms. The van der Waals surface area contributed by atoms with Gasteiger partial charge in [-0.05, 0) is 126 Å². The van der Waals surface area contributed by atoms with Gasteiger partial charge in [-0.2, -0.15) is 0 Å². The Balaban J connectivity index is 1.57. The van der Waals surface area contributed by atoms with Crippen LogP contribution < -0.4 is 5.32 Å². The molecule has 2 aliphatic rings. The lowest BCUT2D eigenvalue weighted by molar-refractivity contribution is 0.587. The fourth-order valence-electron chi connectivity index (χ4n) is 8.57. The number of halogens is 3. The van der Waals surface area contributed by atoms with Crippen LogP contribution in [0.1, 0.15) is 74.9 Å². The fraction of sp³-hybridized carbons (Fsp3) is 0.188. The predicted molar refractivity (Wildman–Crippen MR) is 236 cm³/mol. The van der Waals surface area contributed by atoms with Crippen LogP contribution in [-0.2, 0) is 16.2 Å². The standard InChI is InChI=1S/C48H39Br3N2/c1-46(2,3)27-23-37-43(38(49)24-27)52-42-34-20-11-8-16-30(34)29-15-7-10-19-33(29)41(42)48(37)36-22-14-13-18-32(36)31-17-9-12-21-35(31)45(48)53-44-39(50)25-28(26-40(44)51)47(4,5)6/h7-26,52H,1-6H3. The summed E-state index contributed by atoms with van der Waals surface area (Å²) in [6, 6.07) is 44.8. The van der Waals surface area contributed by atoms with Crippen LogP contribution in [0.25, 0.3) is 32.7 Å². The molecule has 7 aromatic carbocycles. The SMILES string of the molecule is CC(C)(C)c1cc(Br)c(N=C2c3ccccc3-c3ccccc3C23c2cc(C(C)(C)C)cc(Br)c2Nc2c3c3ccccc3c3ccccc23)c(Br)c1. The molecule has 1 aliphatic carbocycles. The number of aliphatic imine (C=N–C) groups is 1. The average molecular weight is 884 g/mol. The maximum Gasteiger partial charge on any atom is 0.0933 e. The summed E-state index contributed by atoms with van der Waals surface area (Å²) < 4.78 is 2.95. The zero-order valence-corrected chi connectivity index (χ0v) is 35.4. The maximum absolute atomic E-state index is 5.94. The molecule has 1 spiro atoms. The van der Waals surface area contributed by atoms with Crippen LogP contribution in [0.3, 0.4) is 0 Å². The smallest absolute Gasteiger partial charge is 0.0933 e. The normalized spacial score (nSPS) is 17.0. The molecule has 0 radical (unpaired) electrons. The van der Waals surface area contributed by atoms with Gasteiger partial charge in [0.2, 0.25) is 0 Å². The van der Waals surface area contributed by atoms with Crippen LogP contribution in [0.5, 0.6) is 0 Å². The van der Waals surface area contributed by atoms with E-state index in [1.807, 2.05) is 0 Å². The van der Waals surface area contributed by atoms with E-state index >= 15 is 0 Å². The molecule has 5 heteroatoms. The highest BCUT2D eigenvalue weighted by atomic mass is 79.9. The average Bonchev–Trinajstić information content (AvgIpc) is 3.13. The van der Waals surface area contributed by atoms with Crippen LogP contribution in [0.2, 0.25) is 0 Å². The number of benzene rings is 7. The number of fused-ring (bicyclic) bond motifs is 13. The Hall–Kier alpha value is -4.03. The number of hydrogen-bond acceptors (Lipinski definition) is 2. The first kappa shape index (κ1) is 34.7. The van der Waals surface area contributed by atoms with Crippen LogP contribution in [0, 0.1) is 0 Å². The lowest BCUT2D eigenvalue weighted by Gasteiger charge is -2.48. The van der Waals surface area contributed by atoms with Crippen molar-refractivity contribution in [1.82, 2.24) is 0 Å². The Kier molecular flexibility index (Phi) is 8.02. The first-order chi connectivity index (χ1) is 25.3. The zero-order chi connectivity index (χ0) is 37.0. The van der Waals surface area contributed by atoms with Crippen molar-refractivity contribution in [2.45, 2.75) is 57.8 Å². The van der Waals surface area contributed by atoms with Gasteiger partial charge < -0.3 is 5.32 Å². The molecule has 1 aliphatic heterocycles. The first-order valence-corrected chi connectivity index (χ1v) is 20.5. The van der Waals surface area contributed by atoms with Crippen LogP contribution in [-0.4, -0.2) is 5.71 Å². The van der Waals surface area contributed by atoms with E-state index in [-0.39, 0.29) is 10.8 Å². The summed E-state index contributed by atoms with van der Waals surface area (Å²) in [5.41, 5.74) is 12.7. The van der Waals surface area contributed by atoms with Gasteiger partial charge in [0.25, 0.3) is 0 Å². The van der Waals surface area contributed by atoms with Crippen LogP contribution in [0.4, 0.5) is 17.1 Å². The largest absolute Gasteiger partial charge is 0.354 e. The molecule has 9 rings (SSSR count). The summed E-state index contributed by atoms with van der Waals surface area (Å²) in [5, 5.41) is 8.90. The van der Waals surface area contributed by atoms with Gasteiger partial charge in [0.15, 0.2) is 0 Å². The van der Waals surface area contributed by atoms with Gasteiger partial charge >= 0.3 is 0 Å². The minimum Gasteiger partial charge on any atom is -0.354 e. The molecule has 262 valence electrons. The van der Waals surface area contributed by atoms with Crippen molar-refractivity contribution in [3.05, 3.63) is 168 Å². The Bertz CT molecular complexity index is 2690. The van der Waals surface area contributed by atoms with E-state index in [4.69, 9.17) is 4.99 Å². The molecule has 53 heavy (non-hydrogen) atoms. The third-order valence-electron chi connectivity index (χ3n) is 11.2. The van der Waals surface area contributed by atoms with Gasteiger partial charge in [-0.3, -0.25) is 0 Å². The summed E-state index contributed by atoms with van der Waals surface area (Å²) in [6.07, 6.45) is 0. The molecule has 0 aromatic heterocycles. The van der Waals surface area contributed by atoms with Crippen molar-refractivity contribution in [3.63, 3.8) is 0 Å². The molecule has 1 N–H and O–H groups in total. The van der Waals surface area contributed by atoms with Gasteiger partial charge in [0.1, 0.15) is 0 Å². The minimum absolute atomic E-state index is 0.0309. The van der Waals surface area contributed by atoms with Gasteiger partial charge in [-0.1, -0.05) is 145 Å². The van der Waals surface area contributed by atoms with E-state index in [1.165, 1.54) is 60.5 Å². The Morgan fingerprint density at radius 3 is 1.62 bits per heavy atom. The molecule has 7 aromatic rings. The van der Waals surface area contributed by atoms with Crippen molar-refractivity contribution in [3.8, 4) is 11.1 Å². The zero-order valence-electron chi connectivity index (χ0n) is 30.6. The van der Waals surface area contributed by atoms with Gasteiger partial charge in [0, 0.05) is 29.9 Å². The topological polar surface area (TPSA) is 24.4 Å². The summed E-state index contributed by atoms with van der Waals surface area (Å²) in [5.74, 6) is 0. The number of hydrogen-bond donors (Lipinski definition) is 1. The van der Waals surface area contributed by atoms with E-state index in [9.17, 15) is 0 Å². The van der Waals surface area contributed by atoms with Crippen molar-refractivity contribution in [2.75, 3.05) is 5.32 Å². The second-order valence-electron chi connectivity index (χ2n) is 16.4. The highest BCUT2D eigenvalue weighted by molar-refractivity contribution is 9.11. The summed E-state index contributed by atoms with van der Waals surface area (Å²) in [6.45, 7) is 13.6. The van der Waals surface area contributed by atoms with E-state index < -0.39 is 5.41 Å². The van der Waals surface area contributed by atoms with E-state index in [0.717, 1.165) is 41.8 Å². The molecule has 2 nitrogen and oxygen atoms in total. The third-order valence-corrected chi connectivity index (χ3v) is 13.0. The summed E-state index contributed by atoms with van der Waals surface area (Å²) >= 11 is 12.2. The Morgan fingerprint density at radius 2 is 0.981 bits per heavy atom. The quantitative estimate of drug-likeness (QED) is 0.163. The van der Waals surface area contributed by atoms with Crippen molar-refractivity contribution < 1.29 is 0 Å². The first-order valence-electron chi connectivity index (χ1n) is 18.1. The monoisotopic (exact) mass is 880 g/mol. The van der Waals surface area contributed by atoms with E-state index in [2.05, 4.69) is 216 Å². The molecular formula is C48H39Br3N2. The highest BCUT2D eigenvalue weighted by Crippen LogP contribution is 2.62. The molecule has 0 saturated heterocycles.